The van der Waals surface area contributed by atoms with Crippen molar-refractivity contribution in [3.8, 4) is 0 Å². The van der Waals surface area contributed by atoms with Crippen LogP contribution in [0.25, 0.3) is 6.08 Å². The summed E-state index contributed by atoms with van der Waals surface area (Å²) in [6.07, 6.45) is 2.09. The number of carboxylic acids is 1. The Morgan fingerprint density at radius 1 is 1.40 bits per heavy atom. The second kappa shape index (κ2) is 4.41. The molecule has 106 valence electrons. The molecule has 2 heterocycles. The fourth-order valence-electron chi connectivity index (χ4n) is 1.68. The SMILES string of the molecule is CC1(C)C(=O)N(c2cccc(C=CC(=O)O)n2)S1(=O)=O. The second-order valence-corrected chi connectivity index (χ2v) is 7.01. The van der Waals surface area contributed by atoms with Crippen LogP contribution in [0.3, 0.4) is 0 Å². The smallest absolute Gasteiger partial charge is 0.328 e. The van der Waals surface area contributed by atoms with Crippen LogP contribution in [0, 0.1) is 0 Å². The molecule has 0 saturated carbocycles. The summed E-state index contributed by atoms with van der Waals surface area (Å²) in [7, 11) is -3.77. The molecule has 0 aliphatic carbocycles. The molecule has 1 amide bonds. The summed E-state index contributed by atoms with van der Waals surface area (Å²) in [4.78, 5) is 26.2. The minimum Gasteiger partial charge on any atom is -0.478 e. The van der Waals surface area contributed by atoms with E-state index in [0.717, 1.165) is 6.08 Å². The van der Waals surface area contributed by atoms with Gasteiger partial charge < -0.3 is 5.11 Å². The molecule has 1 N–H and O–H groups in total. The fourth-order valence-corrected chi connectivity index (χ4v) is 3.11. The summed E-state index contributed by atoms with van der Waals surface area (Å²) >= 11 is 0. The molecule has 1 aliphatic heterocycles. The summed E-state index contributed by atoms with van der Waals surface area (Å²) in [6, 6.07) is 4.38. The van der Waals surface area contributed by atoms with Gasteiger partial charge in [0.25, 0.3) is 15.9 Å². The Kier molecular flexibility index (Phi) is 3.13. The Balaban J connectivity index is 2.39. The molecule has 0 aromatic carbocycles. The molecule has 8 heteroatoms. The van der Waals surface area contributed by atoms with Gasteiger partial charge in [-0.1, -0.05) is 6.07 Å². The van der Waals surface area contributed by atoms with Crippen LogP contribution in [-0.4, -0.2) is 35.1 Å². The Labute approximate surface area is 115 Å². The maximum absolute atomic E-state index is 12.0. The molecule has 0 spiro atoms. The van der Waals surface area contributed by atoms with E-state index in [1.165, 1.54) is 38.1 Å². The average Bonchev–Trinajstić information content (AvgIpc) is 2.36. The molecule has 0 atom stereocenters. The third-order valence-electron chi connectivity index (χ3n) is 2.95. The second-order valence-electron chi connectivity index (χ2n) is 4.68. The number of nitrogens with zero attached hydrogens (tertiary/aromatic N) is 2. The number of carbonyl (C=O) groups is 2. The van der Waals surface area contributed by atoms with Gasteiger partial charge in [-0.15, -0.1) is 0 Å². The van der Waals surface area contributed by atoms with E-state index in [0.29, 0.717) is 4.31 Å². The molecule has 1 aromatic heterocycles. The van der Waals surface area contributed by atoms with Gasteiger partial charge in [0.1, 0.15) is 0 Å². The summed E-state index contributed by atoms with van der Waals surface area (Å²) in [5.74, 6) is -1.75. The third-order valence-corrected chi connectivity index (χ3v) is 5.24. The number of anilines is 1. The molecule has 20 heavy (non-hydrogen) atoms. The highest BCUT2D eigenvalue weighted by molar-refractivity contribution is 7.98. The largest absolute Gasteiger partial charge is 0.478 e. The molecular weight excluding hydrogens is 284 g/mol. The highest BCUT2D eigenvalue weighted by Gasteiger charge is 2.61. The summed E-state index contributed by atoms with van der Waals surface area (Å²) < 4.78 is 23.2. The minimum absolute atomic E-state index is 0.0399. The van der Waals surface area contributed by atoms with Crippen molar-refractivity contribution in [3.63, 3.8) is 0 Å². The Morgan fingerprint density at radius 2 is 2.05 bits per heavy atom. The number of sulfonamides is 1. The van der Waals surface area contributed by atoms with E-state index in [9.17, 15) is 18.0 Å². The van der Waals surface area contributed by atoms with E-state index in [-0.39, 0.29) is 11.5 Å². The minimum atomic E-state index is -3.77. The van der Waals surface area contributed by atoms with E-state index in [2.05, 4.69) is 4.98 Å². The van der Waals surface area contributed by atoms with Crippen molar-refractivity contribution < 1.29 is 23.1 Å². The average molecular weight is 296 g/mol. The van der Waals surface area contributed by atoms with E-state index in [1.807, 2.05) is 0 Å². The number of aliphatic carboxylic acids is 1. The van der Waals surface area contributed by atoms with Crippen LogP contribution >= 0.6 is 0 Å². The lowest BCUT2D eigenvalue weighted by Crippen LogP contribution is -2.67. The van der Waals surface area contributed by atoms with Crippen LogP contribution < -0.4 is 4.31 Å². The number of hydrogen-bond donors (Lipinski definition) is 1. The summed E-state index contributed by atoms with van der Waals surface area (Å²) in [5, 5.41) is 8.53. The van der Waals surface area contributed by atoms with E-state index in [4.69, 9.17) is 5.11 Å². The quantitative estimate of drug-likeness (QED) is 0.820. The van der Waals surface area contributed by atoms with Crippen LogP contribution in [0.2, 0.25) is 0 Å². The number of hydrogen-bond acceptors (Lipinski definition) is 5. The third kappa shape index (κ3) is 1.97. The first-order valence-corrected chi connectivity index (χ1v) is 7.09. The lowest BCUT2D eigenvalue weighted by molar-refractivity contribution is -0.131. The van der Waals surface area contributed by atoms with Gasteiger partial charge in [-0.05, 0) is 32.1 Å². The lowest BCUT2D eigenvalue weighted by atomic mass is 10.2. The fraction of sp³-hybridized carbons (Fsp3) is 0.250. The van der Waals surface area contributed by atoms with Gasteiger partial charge in [-0.3, -0.25) is 4.79 Å². The van der Waals surface area contributed by atoms with Crippen molar-refractivity contribution in [2.24, 2.45) is 0 Å². The zero-order valence-electron chi connectivity index (χ0n) is 10.8. The number of rotatable bonds is 3. The van der Waals surface area contributed by atoms with Crippen molar-refractivity contribution in [2.45, 2.75) is 18.6 Å². The molecule has 7 nitrogen and oxygen atoms in total. The zero-order valence-corrected chi connectivity index (χ0v) is 11.6. The highest BCUT2D eigenvalue weighted by atomic mass is 32.2. The molecule has 0 unspecified atom stereocenters. The van der Waals surface area contributed by atoms with Crippen LogP contribution in [0.15, 0.2) is 24.3 Å². The van der Waals surface area contributed by atoms with Gasteiger partial charge in [-0.25, -0.2) is 18.2 Å². The van der Waals surface area contributed by atoms with Gasteiger partial charge in [0.15, 0.2) is 10.6 Å². The monoisotopic (exact) mass is 296 g/mol. The maximum atomic E-state index is 12.0. The first-order chi connectivity index (χ1) is 9.18. The van der Waals surface area contributed by atoms with Crippen molar-refractivity contribution in [2.75, 3.05) is 4.31 Å². The number of carbonyl (C=O) groups excluding carboxylic acids is 1. The topological polar surface area (TPSA) is 105 Å². The molecule has 0 radical (unpaired) electrons. The highest BCUT2D eigenvalue weighted by Crippen LogP contribution is 2.38. The van der Waals surface area contributed by atoms with Crippen molar-refractivity contribution in [1.29, 1.82) is 0 Å². The van der Waals surface area contributed by atoms with Crippen LogP contribution in [0.4, 0.5) is 5.82 Å². The number of pyridine rings is 1. The van der Waals surface area contributed by atoms with Crippen molar-refractivity contribution in [1.82, 2.24) is 4.98 Å². The predicted molar refractivity (Wildman–Crippen MR) is 71.4 cm³/mol. The van der Waals surface area contributed by atoms with Crippen molar-refractivity contribution in [3.05, 3.63) is 30.0 Å². The molecule has 2 rings (SSSR count). The zero-order chi connectivity index (χ0) is 15.1. The first kappa shape index (κ1) is 14.2. The Morgan fingerprint density at radius 3 is 2.60 bits per heavy atom. The summed E-state index contributed by atoms with van der Waals surface area (Å²) in [5.41, 5.74) is 0.248. The number of amides is 1. The first-order valence-electron chi connectivity index (χ1n) is 5.65. The van der Waals surface area contributed by atoms with E-state index < -0.39 is 26.6 Å². The Bertz CT molecular complexity index is 721. The molecular formula is C12H12N2O5S. The van der Waals surface area contributed by atoms with Crippen LogP contribution in [-0.2, 0) is 19.6 Å². The normalized spacial score (nSPS) is 19.9. The molecule has 0 bridgehead atoms. The molecule has 1 aromatic rings. The van der Waals surface area contributed by atoms with Gasteiger partial charge in [0.05, 0.1) is 5.69 Å². The molecule has 1 fully saturated rings. The van der Waals surface area contributed by atoms with E-state index in [1.54, 1.807) is 0 Å². The van der Waals surface area contributed by atoms with Crippen LogP contribution in [0.5, 0.6) is 0 Å². The summed E-state index contributed by atoms with van der Waals surface area (Å²) in [6.45, 7) is 2.66. The van der Waals surface area contributed by atoms with Gasteiger partial charge >= 0.3 is 5.97 Å². The number of aromatic nitrogens is 1. The van der Waals surface area contributed by atoms with Gasteiger partial charge in [-0.2, -0.15) is 4.31 Å². The Hall–Kier alpha value is -2.22. The lowest BCUT2D eigenvalue weighted by Gasteiger charge is -2.42. The van der Waals surface area contributed by atoms with Crippen LogP contribution in [0.1, 0.15) is 19.5 Å². The van der Waals surface area contributed by atoms with Gasteiger partial charge in [0, 0.05) is 6.08 Å². The number of carboxylic acid groups (broad SMARTS) is 1. The predicted octanol–water partition coefficient (Wildman–Crippen LogP) is 0.634. The standard InChI is InChI=1S/C12H12N2O5S/c1-12(2)11(17)14(20(12,18)19)9-5-3-4-8(13-9)6-7-10(15)16/h3-7H,1-2H3,(H,15,16). The van der Waals surface area contributed by atoms with Gasteiger partial charge in [0.2, 0.25) is 0 Å². The van der Waals surface area contributed by atoms with E-state index >= 15 is 0 Å². The van der Waals surface area contributed by atoms with Crippen molar-refractivity contribution >= 4 is 33.8 Å². The molecule has 1 aliphatic rings. The maximum Gasteiger partial charge on any atom is 0.328 e. The molecule has 1 saturated heterocycles.